The Morgan fingerprint density at radius 3 is 2.85 bits per heavy atom. The lowest BCUT2D eigenvalue weighted by atomic mass is 10.1. The van der Waals surface area contributed by atoms with Gasteiger partial charge in [0, 0.05) is 19.0 Å². The van der Waals surface area contributed by atoms with Crippen molar-refractivity contribution in [1.82, 2.24) is 9.97 Å². The quantitative estimate of drug-likeness (QED) is 0.724. The van der Waals surface area contributed by atoms with Crippen LogP contribution in [0.5, 0.6) is 0 Å². The average molecular weight is 179 g/mol. The molecule has 1 fully saturated rings. The number of hydrogen-bond acceptors (Lipinski definition) is 4. The van der Waals surface area contributed by atoms with Crippen LogP contribution in [0.4, 0.5) is 0 Å². The van der Waals surface area contributed by atoms with Crippen molar-refractivity contribution < 1.29 is 4.74 Å². The zero-order valence-corrected chi connectivity index (χ0v) is 7.39. The highest BCUT2D eigenvalue weighted by Gasteiger charge is 2.25. The Balaban J connectivity index is 2.08. The van der Waals surface area contributed by atoms with Crippen LogP contribution < -0.4 is 5.73 Å². The summed E-state index contributed by atoms with van der Waals surface area (Å²) in [5.41, 5.74) is 5.95. The van der Waals surface area contributed by atoms with E-state index in [1.54, 1.807) is 18.5 Å². The normalized spacial score (nSPS) is 24.5. The summed E-state index contributed by atoms with van der Waals surface area (Å²) >= 11 is 0. The molecule has 4 heteroatoms. The molecule has 0 spiro atoms. The van der Waals surface area contributed by atoms with Crippen LogP contribution in [0.3, 0.4) is 0 Å². The highest BCUT2D eigenvalue weighted by molar-refractivity contribution is 4.98. The summed E-state index contributed by atoms with van der Waals surface area (Å²) in [5.74, 6) is 0.675. The first-order valence-electron chi connectivity index (χ1n) is 4.52. The van der Waals surface area contributed by atoms with Crippen molar-refractivity contribution in [3.05, 3.63) is 24.3 Å². The molecular formula is C9H13N3O. The number of nitrogens with zero attached hydrogens (tertiary/aromatic N) is 2. The lowest BCUT2D eigenvalue weighted by Gasteiger charge is -2.16. The molecule has 0 bridgehead atoms. The maximum atomic E-state index is 5.95. The molecule has 1 saturated heterocycles. The predicted octanol–water partition coefficient (Wildman–Crippen LogP) is 0.655. The SMILES string of the molecule is NC(c1ncccn1)C1CCCO1. The van der Waals surface area contributed by atoms with E-state index in [1.165, 1.54) is 0 Å². The van der Waals surface area contributed by atoms with Crippen molar-refractivity contribution >= 4 is 0 Å². The topological polar surface area (TPSA) is 61.0 Å². The first kappa shape index (κ1) is 8.59. The van der Waals surface area contributed by atoms with Crippen LogP contribution in [0.15, 0.2) is 18.5 Å². The van der Waals surface area contributed by atoms with Gasteiger partial charge in [0.05, 0.1) is 12.1 Å². The van der Waals surface area contributed by atoms with Gasteiger partial charge in [-0.25, -0.2) is 9.97 Å². The molecule has 4 nitrogen and oxygen atoms in total. The fraction of sp³-hybridized carbons (Fsp3) is 0.556. The van der Waals surface area contributed by atoms with Gasteiger partial charge >= 0.3 is 0 Å². The Hall–Kier alpha value is -1.00. The molecule has 1 aromatic heterocycles. The van der Waals surface area contributed by atoms with Gasteiger partial charge in [0.1, 0.15) is 5.82 Å². The molecule has 0 radical (unpaired) electrons. The molecule has 1 aliphatic heterocycles. The standard InChI is InChI=1S/C9H13N3O/c10-8(7-3-1-6-13-7)9-11-4-2-5-12-9/h2,4-5,7-8H,1,3,6,10H2. The van der Waals surface area contributed by atoms with E-state index in [0.717, 1.165) is 19.4 Å². The second-order valence-corrected chi connectivity index (χ2v) is 3.18. The Morgan fingerprint density at radius 1 is 1.46 bits per heavy atom. The molecule has 2 atom stereocenters. The van der Waals surface area contributed by atoms with Crippen molar-refractivity contribution in [2.45, 2.75) is 25.0 Å². The maximum Gasteiger partial charge on any atom is 0.147 e. The molecule has 1 aromatic rings. The van der Waals surface area contributed by atoms with Crippen LogP contribution in [0, 0.1) is 0 Å². The van der Waals surface area contributed by atoms with Crippen molar-refractivity contribution in [2.24, 2.45) is 5.73 Å². The van der Waals surface area contributed by atoms with E-state index in [-0.39, 0.29) is 12.1 Å². The number of ether oxygens (including phenoxy) is 1. The first-order chi connectivity index (χ1) is 6.38. The highest BCUT2D eigenvalue weighted by atomic mass is 16.5. The molecule has 0 aromatic carbocycles. The zero-order valence-electron chi connectivity index (χ0n) is 7.39. The van der Waals surface area contributed by atoms with E-state index < -0.39 is 0 Å². The van der Waals surface area contributed by atoms with E-state index in [4.69, 9.17) is 10.5 Å². The Bertz CT molecular complexity index is 259. The van der Waals surface area contributed by atoms with Gasteiger partial charge in [-0.05, 0) is 18.9 Å². The van der Waals surface area contributed by atoms with Crippen LogP contribution in [0.25, 0.3) is 0 Å². The third-order valence-corrected chi connectivity index (χ3v) is 2.25. The van der Waals surface area contributed by atoms with E-state index in [2.05, 4.69) is 9.97 Å². The predicted molar refractivity (Wildman–Crippen MR) is 47.9 cm³/mol. The van der Waals surface area contributed by atoms with Gasteiger partial charge < -0.3 is 10.5 Å². The summed E-state index contributed by atoms with van der Waals surface area (Å²) in [6.07, 6.45) is 5.61. The van der Waals surface area contributed by atoms with Crippen molar-refractivity contribution in [3.8, 4) is 0 Å². The molecule has 2 rings (SSSR count). The zero-order chi connectivity index (χ0) is 9.10. The fourth-order valence-electron chi connectivity index (χ4n) is 1.53. The van der Waals surface area contributed by atoms with E-state index in [1.807, 2.05) is 0 Å². The second kappa shape index (κ2) is 3.81. The Morgan fingerprint density at radius 2 is 2.23 bits per heavy atom. The monoisotopic (exact) mass is 179 g/mol. The number of hydrogen-bond donors (Lipinski definition) is 1. The van der Waals surface area contributed by atoms with E-state index >= 15 is 0 Å². The van der Waals surface area contributed by atoms with E-state index in [9.17, 15) is 0 Å². The molecule has 0 saturated carbocycles. The van der Waals surface area contributed by atoms with Gasteiger partial charge in [0.15, 0.2) is 0 Å². The molecule has 0 aliphatic carbocycles. The summed E-state index contributed by atoms with van der Waals surface area (Å²) in [5, 5.41) is 0. The van der Waals surface area contributed by atoms with Crippen LogP contribution in [-0.4, -0.2) is 22.7 Å². The molecule has 2 heterocycles. The molecule has 13 heavy (non-hydrogen) atoms. The minimum atomic E-state index is -0.177. The highest BCUT2D eigenvalue weighted by Crippen LogP contribution is 2.22. The van der Waals surface area contributed by atoms with Gasteiger partial charge in [-0.3, -0.25) is 0 Å². The first-order valence-corrected chi connectivity index (χ1v) is 4.52. The van der Waals surface area contributed by atoms with Gasteiger partial charge in [0.2, 0.25) is 0 Å². The Kier molecular flexibility index (Phi) is 2.52. The van der Waals surface area contributed by atoms with Gasteiger partial charge in [-0.2, -0.15) is 0 Å². The summed E-state index contributed by atoms with van der Waals surface area (Å²) < 4.78 is 5.46. The van der Waals surface area contributed by atoms with Crippen LogP contribution in [-0.2, 0) is 4.74 Å². The Labute approximate surface area is 77.1 Å². The third-order valence-electron chi connectivity index (χ3n) is 2.25. The number of nitrogens with two attached hydrogens (primary N) is 1. The minimum Gasteiger partial charge on any atom is -0.376 e. The van der Waals surface area contributed by atoms with Crippen LogP contribution in [0.2, 0.25) is 0 Å². The number of rotatable bonds is 2. The summed E-state index contributed by atoms with van der Waals surface area (Å²) in [6, 6.07) is 1.61. The van der Waals surface area contributed by atoms with Crippen LogP contribution in [0.1, 0.15) is 24.7 Å². The average Bonchev–Trinajstić information content (AvgIpc) is 2.71. The fourth-order valence-corrected chi connectivity index (χ4v) is 1.53. The minimum absolute atomic E-state index is 0.0994. The summed E-state index contributed by atoms with van der Waals surface area (Å²) in [6.45, 7) is 0.811. The summed E-state index contributed by atoms with van der Waals surface area (Å²) in [4.78, 5) is 8.21. The largest absolute Gasteiger partial charge is 0.376 e. The summed E-state index contributed by atoms with van der Waals surface area (Å²) in [7, 11) is 0. The number of aromatic nitrogens is 2. The van der Waals surface area contributed by atoms with Gasteiger partial charge in [0.25, 0.3) is 0 Å². The lowest BCUT2D eigenvalue weighted by Crippen LogP contribution is -2.27. The van der Waals surface area contributed by atoms with Crippen molar-refractivity contribution in [3.63, 3.8) is 0 Å². The van der Waals surface area contributed by atoms with Crippen molar-refractivity contribution in [2.75, 3.05) is 6.61 Å². The third kappa shape index (κ3) is 1.84. The van der Waals surface area contributed by atoms with E-state index in [0.29, 0.717) is 5.82 Å². The molecule has 0 amide bonds. The molecule has 70 valence electrons. The molecule has 2 N–H and O–H groups in total. The van der Waals surface area contributed by atoms with Gasteiger partial charge in [-0.1, -0.05) is 0 Å². The molecular weight excluding hydrogens is 166 g/mol. The maximum absolute atomic E-state index is 5.95. The lowest BCUT2D eigenvalue weighted by molar-refractivity contribution is 0.0877. The molecule has 2 unspecified atom stereocenters. The second-order valence-electron chi connectivity index (χ2n) is 3.18. The van der Waals surface area contributed by atoms with Gasteiger partial charge in [-0.15, -0.1) is 0 Å². The van der Waals surface area contributed by atoms with Crippen LogP contribution >= 0.6 is 0 Å². The smallest absolute Gasteiger partial charge is 0.147 e. The van der Waals surface area contributed by atoms with Crippen molar-refractivity contribution in [1.29, 1.82) is 0 Å². The molecule has 1 aliphatic rings.